The Kier molecular flexibility index (Phi) is 3.68. The molecule has 0 radical (unpaired) electrons. The second-order valence-corrected chi connectivity index (χ2v) is 8.15. The number of nitrogens with one attached hydrogen (secondary N) is 1. The first-order valence-corrected chi connectivity index (χ1v) is 8.28. The number of hydrogen-bond donors (Lipinski definition) is 1. The summed E-state index contributed by atoms with van der Waals surface area (Å²) in [6, 6.07) is 2.19. The normalized spacial score (nSPS) is 30.4. The maximum atomic E-state index is 4.31. The first kappa shape index (κ1) is 14.5. The van der Waals surface area contributed by atoms with Crippen LogP contribution in [0.2, 0.25) is 0 Å². The van der Waals surface area contributed by atoms with Crippen LogP contribution in [0.25, 0.3) is 0 Å². The van der Waals surface area contributed by atoms with E-state index >= 15 is 0 Å². The second-order valence-electron chi connectivity index (χ2n) is 7.24. The van der Waals surface area contributed by atoms with E-state index in [1.165, 1.54) is 18.4 Å². The molecule has 0 amide bonds. The Morgan fingerprint density at radius 3 is 2.75 bits per heavy atom. The molecule has 2 fully saturated rings. The molecule has 0 aromatic carbocycles. The van der Waals surface area contributed by atoms with Gasteiger partial charge in [0.15, 0.2) is 0 Å². The lowest BCUT2D eigenvalue weighted by atomic mass is 9.85. The summed E-state index contributed by atoms with van der Waals surface area (Å²) in [6.45, 7) is 10.2. The standard InChI is InChI=1S/C16H24BrN3/c1-15(2)11-20(9-12-6-14(17)8-18-7-12)16(3,10-19-15)13-4-5-13/h6-8,13,19H,4-5,9-11H2,1-3H3. The zero-order valence-electron chi connectivity index (χ0n) is 12.6. The quantitative estimate of drug-likeness (QED) is 0.917. The molecule has 2 heterocycles. The van der Waals surface area contributed by atoms with E-state index in [1.807, 2.05) is 12.4 Å². The molecular formula is C16H24BrN3. The van der Waals surface area contributed by atoms with Crippen LogP contribution in [-0.4, -0.2) is 34.1 Å². The third-order valence-corrected chi connectivity index (χ3v) is 5.26. The van der Waals surface area contributed by atoms with Gasteiger partial charge < -0.3 is 5.32 Å². The highest BCUT2D eigenvalue weighted by Crippen LogP contribution is 2.45. The molecule has 1 aromatic rings. The summed E-state index contributed by atoms with van der Waals surface area (Å²) in [4.78, 5) is 6.98. The van der Waals surface area contributed by atoms with Crippen molar-refractivity contribution in [3.8, 4) is 0 Å². The Labute approximate surface area is 130 Å². The molecule has 3 nitrogen and oxygen atoms in total. The summed E-state index contributed by atoms with van der Waals surface area (Å²) in [7, 11) is 0. The molecule has 1 atom stereocenters. The van der Waals surface area contributed by atoms with E-state index < -0.39 is 0 Å². The number of nitrogens with zero attached hydrogens (tertiary/aromatic N) is 2. The maximum absolute atomic E-state index is 4.31. The van der Waals surface area contributed by atoms with Gasteiger partial charge in [-0.1, -0.05) is 0 Å². The molecule has 1 saturated heterocycles. The van der Waals surface area contributed by atoms with Crippen LogP contribution in [0.1, 0.15) is 39.2 Å². The Morgan fingerprint density at radius 2 is 2.10 bits per heavy atom. The number of pyridine rings is 1. The fraction of sp³-hybridized carbons (Fsp3) is 0.688. The number of aromatic nitrogens is 1. The molecule has 110 valence electrons. The highest BCUT2D eigenvalue weighted by Gasteiger charge is 2.49. The van der Waals surface area contributed by atoms with E-state index in [4.69, 9.17) is 0 Å². The van der Waals surface area contributed by atoms with Crippen molar-refractivity contribution in [3.63, 3.8) is 0 Å². The van der Waals surface area contributed by atoms with Gasteiger partial charge >= 0.3 is 0 Å². The van der Waals surface area contributed by atoms with Crippen molar-refractivity contribution in [2.45, 2.75) is 51.2 Å². The van der Waals surface area contributed by atoms with Crippen LogP contribution in [0.4, 0.5) is 0 Å². The number of rotatable bonds is 3. The second kappa shape index (κ2) is 5.08. The van der Waals surface area contributed by atoms with Gasteiger partial charge in [0.05, 0.1) is 0 Å². The number of piperazine rings is 1. The van der Waals surface area contributed by atoms with Crippen LogP contribution in [0.15, 0.2) is 22.9 Å². The Balaban J connectivity index is 1.82. The van der Waals surface area contributed by atoms with E-state index in [0.29, 0.717) is 0 Å². The van der Waals surface area contributed by atoms with Crippen molar-refractivity contribution >= 4 is 15.9 Å². The Bertz CT molecular complexity index is 498. The predicted molar refractivity (Wildman–Crippen MR) is 85.6 cm³/mol. The van der Waals surface area contributed by atoms with Crippen molar-refractivity contribution in [2.24, 2.45) is 5.92 Å². The van der Waals surface area contributed by atoms with Crippen LogP contribution in [0, 0.1) is 5.92 Å². The third kappa shape index (κ3) is 2.92. The van der Waals surface area contributed by atoms with E-state index in [0.717, 1.165) is 30.0 Å². The molecule has 1 unspecified atom stereocenters. The van der Waals surface area contributed by atoms with Gasteiger partial charge in [0.25, 0.3) is 0 Å². The zero-order valence-corrected chi connectivity index (χ0v) is 14.2. The summed E-state index contributed by atoms with van der Waals surface area (Å²) in [5, 5.41) is 3.73. The molecule has 1 N–H and O–H groups in total. The minimum absolute atomic E-state index is 0.188. The van der Waals surface area contributed by atoms with Crippen LogP contribution in [0.5, 0.6) is 0 Å². The van der Waals surface area contributed by atoms with Crippen LogP contribution in [0.3, 0.4) is 0 Å². The smallest absolute Gasteiger partial charge is 0.0410 e. The topological polar surface area (TPSA) is 28.2 Å². The van der Waals surface area contributed by atoms with Gasteiger partial charge in [-0.2, -0.15) is 0 Å². The molecular weight excluding hydrogens is 314 g/mol. The molecule has 1 aromatic heterocycles. The summed E-state index contributed by atoms with van der Waals surface area (Å²) in [5.74, 6) is 0.853. The maximum Gasteiger partial charge on any atom is 0.0410 e. The molecule has 3 rings (SSSR count). The van der Waals surface area contributed by atoms with Crippen molar-refractivity contribution in [1.29, 1.82) is 0 Å². The van der Waals surface area contributed by atoms with Gasteiger partial charge in [-0.3, -0.25) is 9.88 Å². The summed E-state index contributed by atoms with van der Waals surface area (Å²) < 4.78 is 1.07. The van der Waals surface area contributed by atoms with Gasteiger partial charge in [-0.25, -0.2) is 0 Å². The van der Waals surface area contributed by atoms with Gasteiger partial charge in [0.2, 0.25) is 0 Å². The molecule has 0 spiro atoms. The molecule has 4 heteroatoms. The van der Waals surface area contributed by atoms with Gasteiger partial charge in [0, 0.05) is 47.6 Å². The number of halogens is 1. The summed E-state index contributed by atoms with van der Waals surface area (Å²) in [6.07, 6.45) is 6.61. The molecule has 2 aliphatic rings. The van der Waals surface area contributed by atoms with Gasteiger partial charge in [-0.15, -0.1) is 0 Å². The summed E-state index contributed by atoms with van der Waals surface area (Å²) in [5.41, 5.74) is 1.77. The van der Waals surface area contributed by atoms with E-state index in [1.54, 1.807) is 0 Å². The first-order chi connectivity index (χ1) is 9.39. The number of hydrogen-bond acceptors (Lipinski definition) is 3. The zero-order chi connectivity index (χ0) is 14.4. The molecule has 1 aliphatic carbocycles. The molecule has 20 heavy (non-hydrogen) atoms. The fourth-order valence-corrected chi connectivity index (χ4v) is 3.76. The van der Waals surface area contributed by atoms with Crippen molar-refractivity contribution in [2.75, 3.05) is 13.1 Å². The SMILES string of the molecule is CC1(C)CN(Cc2cncc(Br)c2)C(C)(C2CC2)CN1. The lowest BCUT2D eigenvalue weighted by Crippen LogP contribution is -2.67. The average Bonchev–Trinajstić information content (AvgIpc) is 3.18. The largest absolute Gasteiger partial charge is 0.309 e. The Morgan fingerprint density at radius 1 is 1.35 bits per heavy atom. The average molecular weight is 338 g/mol. The van der Waals surface area contributed by atoms with Gasteiger partial charge in [0.1, 0.15) is 0 Å². The first-order valence-electron chi connectivity index (χ1n) is 7.49. The summed E-state index contributed by atoms with van der Waals surface area (Å²) >= 11 is 3.53. The minimum atomic E-state index is 0.188. The van der Waals surface area contributed by atoms with E-state index in [2.05, 4.69) is 58.0 Å². The minimum Gasteiger partial charge on any atom is -0.309 e. The lowest BCUT2D eigenvalue weighted by molar-refractivity contribution is 0.00512. The lowest BCUT2D eigenvalue weighted by Gasteiger charge is -2.52. The monoisotopic (exact) mass is 337 g/mol. The van der Waals surface area contributed by atoms with Crippen LogP contribution >= 0.6 is 15.9 Å². The Hall–Kier alpha value is -0.450. The van der Waals surface area contributed by atoms with Crippen molar-refractivity contribution in [3.05, 3.63) is 28.5 Å². The van der Waals surface area contributed by atoms with Crippen LogP contribution < -0.4 is 5.32 Å². The molecule has 1 saturated carbocycles. The van der Waals surface area contributed by atoms with E-state index in [9.17, 15) is 0 Å². The molecule has 1 aliphatic heterocycles. The molecule has 0 bridgehead atoms. The third-order valence-electron chi connectivity index (χ3n) is 4.83. The highest BCUT2D eigenvalue weighted by molar-refractivity contribution is 9.10. The fourth-order valence-electron chi connectivity index (χ4n) is 3.35. The highest BCUT2D eigenvalue weighted by atomic mass is 79.9. The van der Waals surface area contributed by atoms with Crippen LogP contribution in [-0.2, 0) is 6.54 Å². The predicted octanol–water partition coefficient (Wildman–Crippen LogP) is 3.20. The van der Waals surface area contributed by atoms with E-state index in [-0.39, 0.29) is 11.1 Å². The van der Waals surface area contributed by atoms with Crippen molar-refractivity contribution < 1.29 is 0 Å². The van der Waals surface area contributed by atoms with Crippen molar-refractivity contribution in [1.82, 2.24) is 15.2 Å². The van der Waals surface area contributed by atoms with Gasteiger partial charge in [-0.05, 0) is 67.1 Å².